The van der Waals surface area contributed by atoms with Crippen molar-refractivity contribution >= 4 is 16.5 Å². The molecule has 0 bridgehead atoms. The van der Waals surface area contributed by atoms with E-state index in [9.17, 15) is 0 Å². The van der Waals surface area contributed by atoms with Crippen LogP contribution >= 0.6 is 11.3 Å². The van der Waals surface area contributed by atoms with Gasteiger partial charge in [-0.05, 0) is 30.4 Å². The summed E-state index contributed by atoms with van der Waals surface area (Å²) >= 11 is 1.65. The SMILES string of the molecule is COCc1cccc(C2CCCc3nc(N)sc32)c1. The van der Waals surface area contributed by atoms with Gasteiger partial charge < -0.3 is 10.5 Å². The molecular formula is C15H18N2OS. The zero-order chi connectivity index (χ0) is 13.2. The van der Waals surface area contributed by atoms with Gasteiger partial charge in [-0.2, -0.15) is 0 Å². The van der Waals surface area contributed by atoms with Crippen molar-refractivity contribution in [3.05, 3.63) is 46.0 Å². The number of fused-ring (bicyclic) bond motifs is 1. The fraction of sp³-hybridized carbons (Fsp3) is 0.400. The van der Waals surface area contributed by atoms with E-state index in [1.54, 1.807) is 18.4 Å². The summed E-state index contributed by atoms with van der Waals surface area (Å²) in [7, 11) is 1.73. The van der Waals surface area contributed by atoms with E-state index in [1.807, 2.05) is 0 Å². The van der Waals surface area contributed by atoms with Crippen LogP contribution in [0.1, 0.15) is 40.5 Å². The van der Waals surface area contributed by atoms with Crippen LogP contribution in [0.3, 0.4) is 0 Å². The zero-order valence-electron chi connectivity index (χ0n) is 11.1. The minimum absolute atomic E-state index is 0.454. The summed E-state index contributed by atoms with van der Waals surface area (Å²) < 4.78 is 5.21. The minimum Gasteiger partial charge on any atom is -0.380 e. The van der Waals surface area contributed by atoms with Crippen molar-refractivity contribution in [2.75, 3.05) is 12.8 Å². The molecule has 1 heterocycles. The van der Waals surface area contributed by atoms with Gasteiger partial charge in [0, 0.05) is 17.9 Å². The summed E-state index contributed by atoms with van der Waals surface area (Å²) in [5, 5.41) is 0.699. The molecule has 0 spiro atoms. The number of rotatable bonds is 3. The first kappa shape index (κ1) is 12.6. The van der Waals surface area contributed by atoms with Crippen molar-refractivity contribution in [3.8, 4) is 0 Å². The Morgan fingerprint density at radius 1 is 1.47 bits per heavy atom. The number of hydrogen-bond acceptors (Lipinski definition) is 4. The maximum atomic E-state index is 5.86. The number of nitrogens with zero attached hydrogens (tertiary/aromatic N) is 1. The quantitative estimate of drug-likeness (QED) is 0.933. The molecule has 4 heteroatoms. The third-order valence-electron chi connectivity index (χ3n) is 3.63. The topological polar surface area (TPSA) is 48.1 Å². The summed E-state index contributed by atoms with van der Waals surface area (Å²) in [6.45, 7) is 0.665. The van der Waals surface area contributed by atoms with Gasteiger partial charge in [-0.25, -0.2) is 4.98 Å². The van der Waals surface area contributed by atoms with E-state index in [4.69, 9.17) is 10.5 Å². The lowest BCUT2D eigenvalue weighted by molar-refractivity contribution is 0.185. The van der Waals surface area contributed by atoms with Crippen molar-refractivity contribution in [2.45, 2.75) is 31.8 Å². The molecule has 0 amide bonds. The lowest BCUT2D eigenvalue weighted by Crippen LogP contribution is -2.09. The van der Waals surface area contributed by atoms with Gasteiger partial charge in [0.1, 0.15) is 0 Å². The molecule has 0 saturated carbocycles. The van der Waals surface area contributed by atoms with Gasteiger partial charge in [-0.3, -0.25) is 0 Å². The van der Waals surface area contributed by atoms with E-state index in [0.717, 1.165) is 6.42 Å². The van der Waals surface area contributed by atoms with Crippen LogP contribution in [0.2, 0.25) is 0 Å². The van der Waals surface area contributed by atoms with E-state index in [2.05, 4.69) is 29.2 Å². The Labute approximate surface area is 117 Å². The Balaban J connectivity index is 1.96. The number of nitrogens with two attached hydrogens (primary N) is 1. The number of ether oxygens (including phenoxy) is 1. The van der Waals surface area contributed by atoms with E-state index >= 15 is 0 Å². The second-order valence-electron chi connectivity index (χ2n) is 4.99. The zero-order valence-corrected chi connectivity index (χ0v) is 11.9. The molecule has 0 radical (unpaired) electrons. The number of aryl methyl sites for hydroxylation is 1. The van der Waals surface area contributed by atoms with Gasteiger partial charge in [0.05, 0.1) is 12.3 Å². The summed E-state index contributed by atoms with van der Waals surface area (Å²) in [4.78, 5) is 5.82. The third kappa shape index (κ3) is 2.51. The highest BCUT2D eigenvalue weighted by atomic mass is 32.1. The van der Waals surface area contributed by atoms with Gasteiger partial charge in [-0.1, -0.05) is 24.3 Å². The van der Waals surface area contributed by atoms with E-state index in [0.29, 0.717) is 17.7 Å². The van der Waals surface area contributed by atoms with E-state index in [-0.39, 0.29) is 0 Å². The second kappa shape index (κ2) is 5.31. The maximum Gasteiger partial charge on any atom is 0.180 e. The predicted octanol–water partition coefficient (Wildman–Crippen LogP) is 3.34. The van der Waals surface area contributed by atoms with E-state index in [1.165, 1.54) is 34.5 Å². The number of thiazole rings is 1. The molecule has 2 aromatic rings. The minimum atomic E-state index is 0.454. The van der Waals surface area contributed by atoms with Crippen molar-refractivity contribution in [3.63, 3.8) is 0 Å². The third-order valence-corrected chi connectivity index (χ3v) is 4.67. The highest BCUT2D eigenvalue weighted by Crippen LogP contribution is 2.40. The number of nitrogen functional groups attached to an aromatic ring is 1. The molecule has 2 N–H and O–H groups in total. The molecule has 1 aromatic carbocycles. The van der Waals surface area contributed by atoms with Crippen LogP contribution in [0.25, 0.3) is 0 Å². The lowest BCUT2D eigenvalue weighted by atomic mass is 9.85. The van der Waals surface area contributed by atoms with Crippen LogP contribution < -0.4 is 5.73 Å². The largest absolute Gasteiger partial charge is 0.380 e. The first-order chi connectivity index (χ1) is 9.28. The Morgan fingerprint density at radius 3 is 3.21 bits per heavy atom. The summed E-state index contributed by atoms with van der Waals surface area (Å²) in [6.07, 6.45) is 3.44. The van der Waals surface area contributed by atoms with Gasteiger partial charge >= 0.3 is 0 Å². The van der Waals surface area contributed by atoms with Crippen molar-refractivity contribution in [2.24, 2.45) is 0 Å². The Kier molecular flexibility index (Phi) is 3.53. The summed E-state index contributed by atoms with van der Waals surface area (Å²) in [5.41, 5.74) is 9.65. The molecule has 0 fully saturated rings. The number of benzene rings is 1. The fourth-order valence-corrected chi connectivity index (χ4v) is 3.87. The molecule has 1 aliphatic carbocycles. The van der Waals surface area contributed by atoms with Crippen LogP contribution in [0.15, 0.2) is 24.3 Å². The van der Waals surface area contributed by atoms with Gasteiger partial charge in [0.25, 0.3) is 0 Å². The molecular weight excluding hydrogens is 256 g/mol. The van der Waals surface area contributed by atoms with Gasteiger partial charge in [-0.15, -0.1) is 11.3 Å². The van der Waals surface area contributed by atoms with Crippen molar-refractivity contribution < 1.29 is 4.74 Å². The fourth-order valence-electron chi connectivity index (χ4n) is 2.82. The van der Waals surface area contributed by atoms with Crippen LogP contribution in [0.5, 0.6) is 0 Å². The Morgan fingerprint density at radius 2 is 2.37 bits per heavy atom. The Bertz CT molecular complexity index is 579. The number of methoxy groups -OCH3 is 1. The molecule has 0 aliphatic heterocycles. The molecule has 19 heavy (non-hydrogen) atoms. The van der Waals surface area contributed by atoms with Crippen molar-refractivity contribution in [1.82, 2.24) is 4.98 Å². The van der Waals surface area contributed by atoms with Gasteiger partial charge in [0.15, 0.2) is 5.13 Å². The standard InChI is InChI=1S/C15H18N2OS/c1-18-9-10-4-2-5-11(8-10)12-6-3-7-13-14(12)19-15(16)17-13/h2,4-5,8,12H,3,6-7,9H2,1H3,(H2,16,17). The molecule has 1 aromatic heterocycles. The van der Waals surface area contributed by atoms with Crippen LogP contribution in [0, 0.1) is 0 Å². The van der Waals surface area contributed by atoms with Gasteiger partial charge in [0.2, 0.25) is 0 Å². The lowest BCUT2D eigenvalue weighted by Gasteiger charge is -2.22. The smallest absolute Gasteiger partial charge is 0.180 e. The summed E-state index contributed by atoms with van der Waals surface area (Å²) in [5.74, 6) is 0.454. The van der Waals surface area contributed by atoms with Crippen LogP contribution in [-0.2, 0) is 17.8 Å². The molecule has 3 rings (SSSR count). The monoisotopic (exact) mass is 274 g/mol. The van der Waals surface area contributed by atoms with E-state index < -0.39 is 0 Å². The first-order valence-electron chi connectivity index (χ1n) is 6.61. The highest BCUT2D eigenvalue weighted by molar-refractivity contribution is 7.15. The maximum absolute atomic E-state index is 5.86. The average molecular weight is 274 g/mol. The molecule has 1 atom stereocenters. The number of aromatic nitrogens is 1. The molecule has 3 nitrogen and oxygen atoms in total. The average Bonchev–Trinajstić information content (AvgIpc) is 2.79. The van der Waals surface area contributed by atoms with Crippen LogP contribution in [-0.4, -0.2) is 12.1 Å². The predicted molar refractivity (Wildman–Crippen MR) is 78.5 cm³/mol. The Hall–Kier alpha value is -1.39. The second-order valence-corrected chi connectivity index (χ2v) is 6.05. The molecule has 1 aliphatic rings. The highest BCUT2D eigenvalue weighted by Gasteiger charge is 2.25. The number of anilines is 1. The van der Waals surface area contributed by atoms with Crippen molar-refractivity contribution in [1.29, 1.82) is 0 Å². The molecule has 0 saturated heterocycles. The number of hydrogen-bond donors (Lipinski definition) is 1. The first-order valence-corrected chi connectivity index (χ1v) is 7.42. The molecule has 100 valence electrons. The summed E-state index contributed by atoms with van der Waals surface area (Å²) in [6, 6.07) is 8.67. The van der Waals surface area contributed by atoms with Crippen LogP contribution in [0.4, 0.5) is 5.13 Å². The normalized spacial score (nSPS) is 18.3. The molecule has 1 unspecified atom stereocenters.